The van der Waals surface area contributed by atoms with Crippen molar-refractivity contribution < 1.29 is 5.11 Å². The van der Waals surface area contributed by atoms with Crippen molar-refractivity contribution in [2.45, 2.75) is 25.5 Å². The zero-order valence-electron chi connectivity index (χ0n) is 14.8. The largest absolute Gasteiger partial charge is 0.387 e. The molecule has 3 aliphatic heterocycles. The van der Waals surface area contributed by atoms with Crippen LogP contribution in [0.15, 0.2) is 60.6 Å². The minimum absolute atomic E-state index is 0.332. The average Bonchev–Trinajstić information content (AvgIpc) is 3.03. The van der Waals surface area contributed by atoms with E-state index in [-0.39, 0.29) is 6.10 Å². The molecule has 1 aromatic carbocycles. The fourth-order valence-electron chi connectivity index (χ4n) is 4.40. The molecule has 26 heavy (non-hydrogen) atoms. The quantitative estimate of drug-likeness (QED) is 0.790. The van der Waals surface area contributed by atoms with Gasteiger partial charge in [-0.3, -0.25) is 0 Å². The van der Waals surface area contributed by atoms with E-state index in [0.29, 0.717) is 5.92 Å². The molecule has 2 bridgehead atoms. The van der Waals surface area contributed by atoms with Crippen LogP contribution in [0.1, 0.15) is 24.0 Å². The van der Waals surface area contributed by atoms with Crippen LogP contribution in [0.5, 0.6) is 0 Å². The van der Waals surface area contributed by atoms with Crippen LogP contribution in [0.2, 0.25) is 0 Å². The molecule has 1 unspecified atom stereocenters. The molecule has 3 saturated heterocycles. The summed E-state index contributed by atoms with van der Waals surface area (Å²) in [6.45, 7) is 2.93. The van der Waals surface area contributed by atoms with Gasteiger partial charge in [0.05, 0.1) is 6.10 Å². The number of rotatable bonds is 3. The highest BCUT2D eigenvalue weighted by Crippen LogP contribution is 2.36. The second-order valence-corrected chi connectivity index (χ2v) is 7.41. The molecule has 0 amide bonds. The van der Waals surface area contributed by atoms with Crippen molar-refractivity contribution in [3.05, 3.63) is 71.7 Å². The van der Waals surface area contributed by atoms with E-state index < -0.39 is 0 Å². The van der Waals surface area contributed by atoms with Crippen LogP contribution >= 0.6 is 0 Å². The highest BCUT2D eigenvalue weighted by Gasteiger charge is 2.36. The van der Waals surface area contributed by atoms with Gasteiger partial charge in [0.2, 0.25) is 0 Å². The first-order valence-electron chi connectivity index (χ1n) is 9.42. The fourth-order valence-corrected chi connectivity index (χ4v) is 4.40. The van der Waals surface area contributed by atoms with Crippen molar-refractivity contribution in [3.63, 3.8) is 0 Å². The first-order chi connectivity index (χ1) is 12.8. The molecule has 4 heteroatoms. The minimum Gasteiger partial charge on any atom is -0.387 e. The normalized spacial score (nSPS) is 23.9. The van der Waals surface area contributed by atoms with Crippen LogP contribution in [0.3, 0.4) is 0 Å². The number of piperidine rings is 3. The summed E-state index contributed by atoms with van der Waals surface area (Å²) in [7, 11) is 0. The van der Waals surface area contributed by atoms with Crippen molar-refractivity contribution in [1.82, 2.24) is 14.5 Å². The Morgan fingerprint density at radius 2 is 1.88 bits per heavy atom. The zero-order chi connectivity index (χ0) is 17.5. The zero-order valence-corrected chi connectivity index (χ0v) is 14.8. The van der Waals surface area contributed by atoms with Crippen molar-refractivity contribution in [3.8, 4) is 0 Å². The molecular weight excluding hydrogens is 322 g/mol. The van der Waals surface area contributed by atoms with Crippen molar-refractivity contribution in [2.75, 3.05) is 13.1 Å². The van der Waals surface area contributed by atoms with Gasteiger partial charge in [-0.2, -0.15) is 0 Å². The lowest BCUT2D eigenvalue weighted by Gasteiger charge is -2.45. The summed E-state index contributed by atoms with van der Waals surface area (Å²) in [5.41, 5.74) is 4.48. The fraction of sp³-hybridized carbons (Fsp3) is 0.318. The SMILES string of the molecule is OC1/C(=C/c2cn(Cc3ccccc3)c3ncccc23)N2CCC1CC2. The van der Waals surface area contributed by atoms with E-state index in [2.05, 4.69) is 57.1 Å². The lowest BCUT2D eigenvalue weighted by atomic mass is 9.83. The van der Waals surface area contributed by atoms with Crippen LogP contribution in [-0.4, -0.2) is 38.8 Å². The second kappa shape index (κ2) is 6.29. The van der Waals surface area contributed by atoms with Crippen LogP contribution in [-0.2, 0) is 6.54 Å². The van der Waals surface area contributed by atoms with Gasteiger partial charge in [0, 0.05) is 48.7 Å². The molecule has 0 aliphatic carbocycles. The van der Waals surface area contributed by atoms with E-state index in [1.54, 1.807) is 0 Å². The number of fused-ring (bicyclic) bond motifs is 4. The van der Waals surface area contributed by atoms with E-state index in [1.165, 1.54) is 5.56 Å². The molecule has 2 aromatic heterocycles. The summed E-state index contributed by atoms with van der Waals surface area (Å²) in [5, 5.41) is 11.8. The molecule has 0 spiro atoms. The van der Waals surface area contributed by atoms with E-state index in [4.69, 9.17) is 0 Å². The molecule has 132 valence electrons. The van der Waals surface area contributed by atoms with Crippen molar-refractivity contribution in [2.24, 2.45) is 5.92 Å². The Balaban J connectivity index is 1.57. The molecule has 1 N–H and O–H groups in total. The Morgan fingerprint density at radius 3 is 2.65 bits per heavy atom. The Morgan fingerprint density at radius 1 is 1.08 bits per heavy atom. The summed E-state index contributed by atoms with van der Waals surface area (Å²) in [6.07, 6.45) is 8.09. The maximum atomic E-state index is 10.7. The summed E-state index contributed by atoms with van der Waals surface area (Å²) < 4.78 is 2.21. The molecule has 3 aliphatic rings. The molecule has 1 atom stereocenters. The molecule has 6 rings (SSSR count). The number of nitrogens with zero attached hydrogens (tertiary/aromatic N) is 3. The summed E-state index contributed by atoms with van der Waals surface area (Å²) in [5.74, 6) is 0.419. The number of benzene rings is 1. The van der Waals surface area contributed by atoms with Crippen molar-refractivity contribution >= 4 is 17.1 Å². The molecular formula is C22H23N3O. The Hall–Kier alpha value is -2.59. The van der Waals surface area contributed by atoms with Crippen LogP contribution in [0.4, 0.5) is 0 Å². The Bertz CT molecular complexity index is 948. The summed E-state index contributed by atoms with van der Waals surface area (Å²) >= 11 is 0. The molecule has 0 radical (unpaired) electrons. The third-order valence-corrected chi connectivity index (χ3v) is 5.82. The monoisotopic (exact) mass is 345 g/mol. The van der Waals surface area contributed by atoms with E-state index in [9.17, 15) is 5.11 Å². The maximum Gasteiger partial charge on any atom is 0.140 e. The summed E-state index contributed by atoms with van der Waals surface area (Å²) in [4.78, 5) is 6.96. The molecule has 5 heterocycles. The number of aromatic nitrogens is 2. The van der Waals surface area contributed by atoms with Crippen LogP contribution < -0.4 is 0 Å². The minimum atomic E-state index is -0.332. The van der Waals surface area contributed by atoms with Gasteiger partial charge in [0.25, 0.3) is 0 Å². The number of pyridine rings is 1. The van der Waals surface area contributed by atoms with Gasteiger partial charge in [-0.25, -0.2) is 4.98 Å². The number of aliphatic hydroxyl groups excluding tert-OH is 1. The maximum absolute atomic E-state index is 10.7. The first kappa shape index (κ1) is 15.6. The summed E-state index contributed by atoms with van der Waals surface area (Å²) in [6, 6.07) is 14.6. The standard InChI is InChI=1S/C22H23N3O/c26-21-17-8-11-24(12-9-17)20(21)13-18-15-25(14-16-5-2-1-3-6-16)22-19(18)7-4-10-23-22/h1-7,10,13,15,17,21,26H,8-9,11-12,14H2/b20-13-. The molecule has 3 aromatic rings. The number of hydrogen-bond acceptors (Lipinski definition) is 3. The lowest BCUT2D eigenvalue weighted by Crippen LogP contribution is -2.48. The molecule has 3 fully saturated rings. The molecule has 4 nitrogen and oxygen atoms in total. The van der Waals surface area contributed by atoms with E-state index in [0.717, 1.165) is 54.8 Å². The highest BCUT2D eigenvalue weighted by molar-refractivity contribution is 5.87. The van der Waals surface area contributed by atoms with Crippen molar-refractivity contribution in [1.29, 1.82) is 0 Å². The van der Waals surface area contributed by atoms with E-state index in [1.807, 2.05) is 18.3 Å². The van der Waals surface area contributed by atoms with Gasteiger partial charge in [-0.05, 0) is 42.5 Å². The smallest absolute Gasteiger partial charge is 0.140 e. The third kappa shape index (κ3) is 2.61. The average molecular weight is 345 g/mol. The van der Waals surface area contributed by atoms with Gasteiger partial charge >= 0.3 is 0 Å². The second-order valence-electron chi connectivity index (χ2n) is 7.41. The lowest BCUT2D eigenvalue weighted by molar-refractivity contribution is 0.0215. The number of aliphatic hydroxyl groups is 1. The predicted octanol–water partition coefficient (Wildman–Crippen LogP) is 3.51. The first-order valence-corrected chi connectivity index (χ1v) is 9.42. The van der Waals surface area contributed by atoms with E-state index >= 15 is 0 Å². The topological polar surface area (TPSA) is 41.3 Å². The Labute approximate surface area is 153 Å². The predicted molar refractivity (Wildman–Crippen MR) is 104 cm³/mol. The third-order valence-electron chi connectivity index (χ3n) is 5.82. The van der Waals surface area contributed by atoms with Gasteiger partial charge in [0.15, 0.2) is 0 Å². The molecule has 0 saturated carbocycles. The van der Waals surface area contributed by atoms with Gasteiger partial charge in [-0.15, -0.1) is 0 Å². The Kier molecular flexibility index (Phi) is 3.79. The van der Waals surface area contributed by atoms with Gasteiger partial charge in [0.1, 0.15) is 5.65 Å². The van der Waals surface area contributed by atoms with Crippen LogP contribution in [0, 0.1) is 5.92 Å². The van der Waals surface area contributed by atoms with Gasteiger partial charge in [-0.1, -0.05) is 30.3 Å². The highest BCUT2D eigenvalue weighted by atomic mass is 16.3. The van der Waals surface area contributed by atoms with Gasteiger partial charge < -0.3 is 14.6 Å². The number of hydrogen-bond donors (Lipinski definition) is 1. The van der Waals surface area contributed by atoms with Crippen LogP contribution in [0.25, 0.3) is 17.1 Å².